The number of fused-ring (bicyclic) bond motifs is 1. The zero-order valence-electron chi connectivity index (χ0n) is 11.9. The van der Waals surface area contributed by atoms with E-state index in [9.17, 15) is 8.42 Å². The van der Waals surface area contributed by atoms with E-state index < -0.39 is 10.0 Å². The van der Waals surface area contributed by atoms with Gasteiger partial charge in [-0.1, -0.05) is 0 Å². The molecule has 0 bridgehead atoms. The van der Waals surface area contributed by atoms with Crippen LogP contribution in [0.4, 0.5) is 0 Å². The summed E-state index contributed by atoms with van der Waals surface area (Å²) >= 11 is 0. The molecule has 21 heavy (non-hydrogen) atoms. The molecular weight excluding hydrogens is 288 g/mol. The summed E-state index contributed by atoms with van der Waals surface area (Å²) in [7, 11) is -3.67. The maximum absolute atomic E-state index is 12.9. The number of pyridine rings is 1. The minimum Gasteiger partial charge on any atom is -0.297 e. The maximum atomic E-state index is 12.9. The Labute approximate surface area is 125 Å². The van der Waals surface area contributed by atoms with Gasteiger partial charge in [0.05, 0.1) is 0 Å². The number of nitrogens with zero attached hydrogens (tertiary/aromatic N) is 4. The van der Waals surface area contributed by atoms with E-state index in [0.717, 1.165) is 25.9 Å². The summed E-state index contributed by atoms with van der Waals surface area (Å²) < 4.78 is 27.3. The Morgan fingerprint density at radius 3 is 3.00 bits per heavy atom. The van der Waals surface area contributed by atoms with Crippen molar-refractivity contribution in [1.29, 1.82) is 5.26 Å². The Balaban J connectivity index is 1.96. The number of hydrogen-bond acceptors (Lipinski definition) is 5. The van der Waals surface area contributed by atoms with Crippen molar-refractivity contribution in [2.24, 2.45) is 0 Å². The smallest absolute Gasteiger partial charge is 0.246 e. The lowest BCUT2D eigenvalue weighted by Crippen LogP contribution is -2.56. The molecule has 0 saturated carbocycles. The number of nitriles is 1. The van der Waals surface area contributed by atoms with Gasteiger partial charge >= 0.3 is 0 Å². The predicted octanol–water partition coefficient (Wildman–Crippen LogP) is 0.810. The van der Waals surface area contributed by atoms with Gasteiger partial charge < -0.3 is 0 Å². The second-order valence-electron chi connectivity index (χ2n) is 5.68. The third-order valence-corrected chi connectivity index (χ3v) is 6.36. The molecule has 2 unspecified atom stereocenters. The van der Waals surface area contributed by atoms with Crippen LogP contribution in [0.1, 0.15) is 25.5 Å². The molecule has 0 aromatic carbocycles. The Morgan fingerprint density at radius 1 is 1.43 bits per heavy atom. The molecule has 0 N–H and O–H groups in total. The van der Waals surface area contributed by atoms with Crippen molar-refractivity contribution in [3.63, 3.8) is 0 Å². The highest BCUT2D eigenvalue weighted by Crippen LogP contribution is 2.29. The molecular formula is C14H18N4O2S. The molecule has 0 aliphatic carbocycles. The van der Waals surface area contributed by atoms with Crippen LogP contribution in [0.25, 0.3) is 0 Å². The molecule has 2 fully saturated rings. The third kappa shape index (κ3) is 2.44. The molecule has 2 aliphatic rings. The van der Waals surface area contributed by atoms with Crippen LogP contribution in [0.5, 0.6) is 0 Å². The average Bonchev–Trinajstić information content (AvgIpc) is 2.93. The molecule has 7 heteroatoms. The summed E-state index contributed by atoms with van der Waals surface area (Å²) in [5.74, 6) is 0. The molecule has 0 amide bonds. The molecule has 3 rings (SSSR count). The normalized spacial score (nSPS) is 27.2. The first-order valence-corrected chi connectivity index (χ1v) is 8.59. The van der Waals surface area contributed by atoms with E-state index in [0.29, 0.717) is 12.6 Å². The molecule has 0 radical (unpaired) electrons. The highest BCUT2D eigenvalue weighted by Gasteiger charge is 2.41. The van der Waals surface area contributed by atoms with Crippen molar-refractivity contribution in [2.75, 3.05) is 19.6 Å². The Hall–Kier alpha value is -1.49. The summed E-state index contributed by atoms with van der Waals surface area (Å²) in [5.41, 5.74) is -0.0291. The molecule has 1 aromatic heterocycles. The Morgan fingerprint density at radius 2 is 2.24 bits per heavy atom. The van der Waals surface area contributed by atoms with E-state index in [4.69, 9.17) is 5.26 Å². The van der Waals surface area contributed by atoms with Crippen molar-refractivity contribution >= 4 is 10.0 Å². The Kier molecular flexibility index (Phi) is 3.69. The van der Waals surface area contributed by atoms with E-state index >= 15 is 0 Å². The second-order valence-corrected chi connectivity index (χ2v) is 7.54. The predicted molar refractivity (Wildman–Crippen MR) is 76.9 cm³/mol. The number of hydrogen-bond donors (Lipinski definition) is 0. The third-order valence-electron chi connectivity index (χ3n) is 4.34. The van der Waals surface area contributed by atoms with Crippen molar-refractivity contribution in [1.82, 2.24) is 14.2 Å². The van der Waals surface area contributed by atoms with Gasteiger partial charge in [0.1, 0.15) is 11.0 Å². The van der Waals surface area contributed by atoms with Gasteiger partial charge in [-0.2, -0.15) is 9.57 Å². The van der Waals surface area contributed by atoms with E-state index in [-0.39, 0.29) is 16.6 Å². The molecule has 2 aliphatic heterocycles. The highest BCUT2D eigenvalue weighted by molar-refractivity contribution is 7.89. The number of piperazine rings is 1. The molecule has 6 nitrogen and oxygen atoms in total. The summed E-state index contributed by atoms with van der Waals surface area (Å²) in [6, 6.07) is 5.12. The van der Waals surface area contributed by atoms with Crippen LogP contribution in [0.3, 0.4) is 0 Å². The van der Waals surface area contributed by atoms with Crippen LogP contribution in [0.2, 0.25) is 0 Å². The maximum Gasteiger partial charge on any atom is 0.246 e. The molecule has 0 spiro atoms. The van der Waals surface area contributed by atoms with Crippen LogP contribution < -0.4 is 0 Å². The van der Waals surface area contributed by atoms with Crippen molar-refractivity contribution in [3.05, 3.63) is 24.0 Å². The topological polar surface area (TPSA) is 77.3 Å². The fraction of sp³-hybridized carbons (Fsp3) is 0.571. The lowest BCUT2D eigenvalue weighted by Gasteiger charge is -2.41. The minimum absolute atomic E-state index is 0.0193. The van der Waals surface area contributed by atoms with E-state index in [2.05, 4.69) is 9.88 Å². The fourth-order valence-electron chi connectivity index (χ4n) is 3.30. The average molecular weight is 306 g/mol. The Bertz CT molecular complexity index is 682. The number of rotatable bonds is 2. The van der Waals surface area contributed by atoms with Crippen molar-refractivity contribution in [2.45, 2.75) is 36.7 Å². The summed E-state index contributed by atoms with van der Waals surface area (Å²) in [6.07, 6.45) is 3.61. The minimum atomic E-state index is -3.67. The van der Waals surface area contributed by atoms with Crippen LogP contribution in [0.15, 0.2) is 23.2 Å². The lowest BCUT2D eigenvalue weighted by atomic mass is 10.1. The van der Waals surface area contributed by atoms with E-state index in [1.807, 2.05) is 13.0 Å². The van der Waals surface area contributed by atoms with E-state index in [1.165, 1.54) is 16.6 Å². The molecule has 2 atom stereocenters. The van der Waals surface area contributed by atoms with Gasteiger partial charge in [0, 0.05) is 31.4 Å². The van der Waals surface area contributed by atoms with Gasteiger partial charge in [0.25, 0.3) is 0 Å². The van der Waals surface area contributed by atoms with Gasteiger partial charge in [0.2, 0.25) is 10.0 Å². The number of sulfonamides is 1. The first-order valence-electron chi connectivity index (χ1n) is 7.15. The zero-order chi connectivity index (χ0) is 15.0. The lowest BCUT2D eigenvalue weighted by molar-refractivity contribution is 0.117. The standard InChI is InChI=1S/C14H18N4O2S/c1-11-9-17-7-3-4-12(17)10-18(11)21(19,20)14-5-2-6-16-13(14)8-15/h2,5-6,11-12H,3-4,7,9-10H2,1H3. The van der Waals surface area contributed by atoms with Crippen LogP contribution >= 0.6 is 0 Å². The van der Waals surface area contributed by atoms with Crippen molar-refractivity contribution < 1.29 is 8.42 Å². The van der Waals surface area contributed by atoms with Crippen LogP contribution in [-0.4, -0.2) is 54.3 Å². The zero-order valence-corrected chi connectivity index (χ0v) is 12.8. The van der Waals surface area contributed by atoms with Crippen LogP contribution in [-0.2, 0) is 10.0 Å². The molecule has 1 aromatic rings. The summed E-state index contributed by atoms with van der Waals surface area (Å²) in [6.45, 7) is 4.24. The molecule has 112 valence electrons. The SMILES string of the molecule is CC1CN2CCCC2CN1S(=O)(=O)c1cccnc1C#N. The summed E-state index contributed by atoms with van der Waals surface area (Å²) in [4.78, 5) is 6.26. The second kappa shape index (κ2) is 5.37. The quantitative estimate of drug-likeness (QED) is 0.808. The van der Waals surface area contributed by atoms with Crippen molar-refractivity contribution in [3.8, 4) is 6.07 Å². The number of aromatic nitrogens is 1. The summed E-state index contributed by atoms with van der Waals surface area (Å²) in [5, 5.41) is 9.09. The van der Waals surface area contributed by atoms with Crippen LogP contribution in [0, 0.1) is 11.3 Å². The van der Waals surface area contributed by atoms with Gasteiger partial charge in [-0.05, 0) is 38.4 Å². The highest BCUT2D eigenvalue weighted by atomic mass is 32.2. The van der Waals surface area contributed by atoms with E-state index in [1.54, 1.807) is 6.07 Å². The van der Waals surface area contributed by atoms with Gasteiger partial charge in [-0.3, -0.25) is 4.90 Å². The fourth-order valence-corrected chi connectivity index (χ4v) is 5.06. The molecule has 3 heterocycles. The molecule has 2 saturated heterocycles. The van der Waals surface area contributed by atoms with Gasteiger partial charge in [0.15, 0.2) is 5.69 Å². The van der Waals surface area contributed by atoms with Gasteiger partial charge in [-0.15, -0.1) is 0 Å². The van der Waals surface area contributed by atoms with Gasteiger partial charge in [-0.25, -0.2) is 13.4 Å². The monoisotopic (exact) mass is 306 g/mol. The first kappa shape index (κ1) is 14.4. The largest absolute Gasteiger partial charge is 0.297 e. The first-order chi connectivity index (χ1) is 10.0.